The second kappa shape index (κ2) is 10.4. The van der Waals surface area contributed by atoms with E-state index >= 15 is 0 Å². The number of benzene rings is 2. The summed E-state index contributed by atoms with van der Waals surface area (Å²) in [5.74, 6) is 1.44. The SMILES string of the molecule is Cl.O=C(CCC1CCNC1)Nc1ccc(OCc2ccccc2Cl)cc1. The molecular formula is C20H24Cl2N2O2. The lowest BCUT2D eigenvalue weighted by atomic mass is 10.0. The first-order valence-corrected chi connectivity index (χ1v) is 9.05. The Bertz CT molecular complexity index is 701. The van der Waals surface area contributed by atoms with Gasteiger partial charge in [-0.05, 0) is 62.2 Å². The van der Waals surface area contributed by atoms with Gasteiger partial charge < -0.3 is 15.4 Å². The van der Waals surface area contributed by atoms with Gasteiger partial charge in [0.05, 0.1) is 0 Å². The molecule has 1 heterocycles. The van der Waals surface area contributed by atoms with Crippen LogP contribution in [0.3, 0.4) is 0 Å². The molecule has 140 valence electrons. The van der Waals surface area contributed by atoms with Crippen molar-refractivity contribution in [2.75, 3.05) is 18.4 Å². The van der Waals surface area contributed by atoms with Gasteiger partial charge in [0.15, 0.2) is 0 Å². The molecular weight excluding hydrogens is 371 g/mol. The van der Waals surface area contributed by atoms with Gasteiger partial charge >= 0.3 is 0 Å². The molecule has 4 nitrogen and oxygen atoms in total. The fourth-order valence-corrected chi connectivity index (χ4v) is 3.12. The van der Waals surface area contributed by atoms with Crippen LogP contribution >= 0.6 is 24.0 Å². The Balaban J connectivity index is 0.00000243. The number of halogens is 2. The predicted octanol–water partition coefficient (Wildman–Crippen LogP) is 4.67. The van der Waals surface area contributed by atoms with Gasteiger partial charge in [0.25, 0.3) is 0 Å². The Hall–Kier alpha value is -1.75. The van der Waals surface area contributed by atoms with E-state index in [0.29, 0.717) is 24.0 Å². The van der Waals surface area contributed by atoms with Crippen molar-refractivity contribution in [3.63, 3.8) is 0 Å². The third-order valence-corrected chi connectivity index (χ3v) is 4.80. The molecule has 0 spiro atoms. The molecule has 0 saturated carbocycles. The van der Waals surface area contributed by atoms with E-state index in [2.05, 4.69) is 10.6 Å². The number of rotatable bonds is 7. The van der Waals surface area contributed by atoms with E-state index in [9.17, 15) is 4.79 Å². The first kappa shape index (κ1) is 20.6. The first-order chi connectivity index (χ1) is 12.2. The van der Waals surface area contributed by atoms with E-state index in [1.165, 1.54) is 6.42 Å². The smallest absolute Gasteiger partial charge is 0.224 e. The highest BCUT2D eigenvalue weighted by molar-refractivity contribution is 6.31. The summed E-state index contributed by atoms with van der Waals surface area (Å²) < 4.78 is 5.74. The number of hydrogen-bond acceptors (Lipinski definition) is 3. The van der Waals surface area contributed by atoms with E-state index in [1.807, 2.05) is 48.5 Å². The summed E-state index contributed by atoms with van der Waals surface area (Å²) >= 11 is 6.12. The molecule has 0 bridgehead atoms. The average Bonchev–Trinajstić information content (AvgIpc) is 3.14. The maximum Gasteiger partial charge on any atom is 0.224 e. The van der Waals surface area contributed by atoms with E-state index in [4.69, 9.17) is 16.3 Å². The zero-order valence-electron chi connectivity index (χ0n) is 14.5. The molecule has 1 aliphatic heterocycles. The molecule has 3 rings (SSSR count). The fourth-order valence-electron chi connectivity index (χ4n) is 2.93. The van der Waals surface area contributed by atoms with Crippen molar-refractivity contribution in [1.82, 2.24) is 5.32 Å². The molecule has 2 aromatic carbocycles. The van der Waals surface area contributed by atoms with Crippen LogP contribution in [0.1, 0.15) is 24.8 Å². The van der Waals surface area contributed by atoms with E-state index < -0.39 is 0 Å². The molecule has 26 heavy (non-hydrogen) atoms. The average molecular weight is 395 g/mol. The Kier molecular flexibility index (Phi) is 8.23. The van der Waals surface area contributed by atoms with Gasteiger partial charge in [-0.1, -0.05) is 29.8 Å². The van der Waals surface area contributed by atoms with Crippen LogP contribution in [0.25, 0.3) is 0 Å². The number of hydrogen-bond donors (Lipinski definition) is 2. The Morgan fingerprint density at radius 2 is 1.96 bits per heavy atom. The lowest BCUT2D eigenvalue weighted by Gasteiger charge is -2.10. The van der Waals surface area contributed by atoms with Gasteiger partial charge in [0.1, 0.15) is 12.4 Å². The standard InChI is InChI=1S/C20H23ClN2O2.ClH/c21-19-4-2-1-3-16(19)14-25-18-8-6-17(7-9-18)23-20(24)10-5-15-11-12-22-13-15;/h1-4,6-9,15,22H,5,10-14H2,(H,23,24);1H. The topological polar surface area (TPSA) is 50.4 Å². The molecule has 1 aliphatic rings. The van der Waals surface area contributed by atoms with Crippen molar-refractivity contribution in [2.24, 2.45) is 5.92 Å². The quantitative estimate of drug-likeness (QED) is 0.717. The summed E-state index contributed by atoms with van der Waals surface area (Å²) in [6.45, 7) is 2.52. The monoisotopic (exact) mass is 394 g/mol. The van der Waals surface area contributed by atoms with Crippen LogP contribution in [0.4, 0.5) is 5.69 Å². The molecule has 0 radical (unpaired) electrons. The molecule has 2 N–H and O–H groups in total. The summed E-state index contributed by atoms with van der Waals surface area (Å²) in [6, 6.07) is 15.0. The van der Waals surface area contributed by atoms with Crippen molar-refractivity contribution >= 4 is 35.6 Å². The second-order valence-electron chi connectivity index (χ2n) is 6.35. The van der Waals surface area contributed by atoms with Crippen molar-refractivity contribution in [3.8, 4) is 5.75 Å². The summed E-state index contributed by atoms with van der Waals surface area (Å²) in [5, 5.41) is 6.96. The van der Waals surface area contributed by atoms with Crippen LogP contribution in [0.5, 0.6) is 5.75 Å². The first-order valence-electron chi connectivity index (χ1n) is 8.67. The number of carbonyl (C=O) groups is 1. The van der Waals surface area contributed by atoms with Crippen LogP contribution < -0.4 is 15.4 Å². The molecule has 0 aliphatic carbocycles. The van der Waals surface area contributed by atoms with Crippen LogP contribution in [0.15, 0.2) is 48.5 Å². The predicted molar refractivity (Wildman–Crippen MR) is 108 cm³/mol. The maximum absolute atomic E-state index is 12.0. The minimum absolute atomic E-state index is 0. The van der Waals surface area contributed by atoms with Gasteiger partial charge in [-0.25, -0.2) is 0 Å². The van der Waals surface area contributed by atoms with Gasteiger partial charge in [-0.3, -0.25) is 4.79 Å². The molecule has 1 atom stereocenters. The van der Waals surface area contributed by atoms with Crippen LogP contribution in [-0.4, -0.2) is 19.0 Å². The number of amides is 1. The normalized spacial score (nSPS) is 16.0. The van der Waals surface area contributed by atoms with Gasteiger partial charge in [0, 0.05) is 22.7 Å². The van der Waals surface area contributed by atoms with E-state index in [-0.39, 0.29) is 18.3 Å². The Morgan fingerprint density at radius 3 is 2.65 bits per heavy atom. The third kappa shape index (κ3) is 6.20. The summed E-state index contributed by atoms with van der Waals surface area (Å²) in [6.07, 6.45) is 2.68. The third-order valence-electron chi connectivity index (χ3n) is 4.43. The van der Waals surface area contributed by atoms with Crippen molar-refractivity contribution in [3.05, 3.63) is 59.1 Å². The van der Waals surface area contributed by atoms with Gasteiger partial charge in [0.2, 0.25) is 5.91 Å². The Morgan fingerprint density at radius 1 is 1.19 bits per heavy atom. The van der Waals surface area contributed by atoms with E-state index in [0.717, 1.165) is 36.5 Å². The number of nitrogens with one attached hydrogen (secondary N) is 2. The van der Waals surface area contributed by atoms with Crippen LogP contribution in [0.2, 0.25) is 5.02 Å². The Labute approximate surface area is 165 Å². The largest absolute Gasteiger partial charge is 0.489 e. The lowest BCUT2D eigenvalue weighted by Crippen LogP contribution is -2.14. The molecule has 1 amide bonds. The van der Waals surface area contributed by atoms with Crippen LogP contribution in [-0.2, 0) is 11.4 Å². The summed E-state index contributed by atoms with van der Waals surface area (Å²) in [7, 11) is 0. The number of anilines is 1. The number of ether oxygens (including phenoxy) is 1. The van der Waals surface area contributed by atoms with Crippen molar-refractivity contribution in [1.29, 1.82) is 0 Å². The zero-order valence-corrected chi connectivity index (χ0v) is 16.1. The van der Waals surface area contributed by atoms with Crippen molar-refractivity contribution in [2.45, 2.75) is 25.9 Å². The molecule has 1 saturated heterocycles. The maximum atomic E-state index is 12.0. The van der Waals surface area contributed by atoms with Gasteiger partial charge in [-0.15, -0.1) is 12.4 Å². The highest BCUT2D eigenvalue weighted by Crippen LogP contribution is 2.21. The highest BCUT2D eigenvalue weighted by Gasteiger charge is 2.15. The minimum atomic E-state index is 0. The van der Waals surface area contributed by atoms with Crippen molar-refractivity contribution < 1.29 is 9.53 Å². The van der Waals surface area contributed by atoms with Gasteiger partial charge in [-0.2, -0.15) is 0 Å². The molecule has 1 fully saturated rings. The highest BCUT2D eigenvalue weighted by atomic mass is 35.5. The zero-order chi connectivity index (χ0) is 17.5. The lowest BCUT2D eigenvalue weighted by molar-refractivity contribution is -0.116. The number of carbonyl (C=O) groups excluding carboxylic acids is 1. The molecule has 1 unspecified atom stereocenters. The molecule has 0 aromatic heterocycles. The minimum Gasteiger partial charge on any atom is -0.489 e. The summed E-state index contributed by atoms with van der Waals surface area (Å²) in [5.41, 5.74) is 1.74. The van der Waals surface area contributed by atoms with E-state index in [1.54, 1.807) is 0 Å². The summed E-state index contributed by atoms with van der Waals surface area (Å²) in [4.78, 5) is 12.0. The molecule has 6 heteroatoms. The molecule has 2 aromatic rings. The fraction of sp³-hybridized carbons (Fsp3) is 0.350. The second-order valence-corrected chi connectivity index (χ2v) is 6.76. The van der Waals surface area contributed by atoms with Crippen LogP contribution in [0, 0.1) is 5.92 Å².